The van der Waals surface area contributed by atoms with E-state index in [-0.39, 0.29) is 17.8 Å². The standard InChI is InChI=1S/C37H34N4O3/c1-39-18-14-28-22-25(2-12-34(28)39)23-36(43)26-3-10-32(11-4-26)41-21-15-29-24-30(7-13-35(29)41)38-37(44)27-5-8-31(9-6-27)40-19-16-33(42)17-20-40/h2-15,18,21-22,24,33,42H,16-17,19-20,23H2,1H3,(H,38,44). The Kier molecular flexibility index (Phi) is 7.24. The number of aliphatic hydroxyl groups is 1. The van der Waals surface area contributed by atoms with Gasteiger partial charge in [-0.3, -0.25) is 9.59 Å². The molecule has 0 unspecified atom stereocenters. The number of fused-ring (bicyclic) bond motifs is 2. The first kappa shape index (κ1) is 27.7. The zero-order valence-electron chi connectivity index (χ0n) is 24.6. The van der Waals surface area contributed by atoms with Gasteiger partial charge in [-0.2, -0.15) is 0 Å². The molecule has 4 aromatic carbocycles. The molecule has 0 spiro atoms. The Morgan fingerprint density at radius 2 is 1.41 bits per heavy atom. The van der Waals surface area contributed by atoms with Crippen molar-refractivity contribution in [1.29, 1.82) is 0 Å². The molecule has 7 heteroatoms. The van der Waals surface area contributed by atoms with Crippen LogP contribution in [0.4, 0.5) is 11.4 Å². The second-order valence-corrected chi connectivity index (χ2v) is 11.6. The van der Waals surface area contributed by atoms with E-state index in [1.54, 1.807) is 0 Å². The molecule has 2 N–H and O–H groups in total. The molecule has 7 rings (SSSR count). The summed E-state index contributed by atoms with van der Waals surface area (Å²) in [5, 5.41) is 14.9. The molecule has 2 aromatic heterocycles. The maximum Gasteiger partial charge on any atom is 0.255 e. The third-order valence-electron chi connectivity index (χ3n) is 8.69. The number of carbonyl (C=O) groups is 2. The third-order valence-corrected chi connectivity index (χ3v) is 8.69. The first-order valence-electron chi connectivity index (χ1n) is 15.0. The first-order chi connectivity index (χ1) is 21.4. The summed E-state index contributed by atoms with van der Waals surface area (Å²) in [6.07, 6.45) is 5.71. The molecular formula is C37H34N4O3. The van der Waals surface area contributed by atoms with E-state index in [9.17, 15) is 14.7 Å². The van der Waals surface area contributed by atoms with Crippen LogP contribution >= 0.6 is 0 Å². The Bertz CT molecular complexity index is 1980. The van der Waals surface area contributed by atoms with Gasteiger partial charge in [-0.1, -0.05) is 6.07 Å². The highest BCUT2D eigenvalue weighted by atomic mass is 16.3. The lowest BCUT2D eigenvalue weighted by molar-refractivity contribution is 0.0991. The number of aryl methyl sites for hydroxylation is 1. The van der Waals surface area contributed by atoms with Gasteiger partial charge in [0.1, 0.15) is 0 Å². The van der Waals surface area contributed by atoms with Crippen molar-refractivity contribution in [3.8, 4) is 5.69 Å². The van der Waals surface area contributed by atoms with Gasteiger partial charge in [0.25, 0.3) is 5.91 Å². The molecule has 0 atom stereocenters. The Hall–Kier alpha value is -5.14. The highest BCUT2D eigenvalue weighted by Crippen LogP contribution is 2.26. The minimum absolute atomic E-state index is 0.0885. The number of nitrogens with one attached hydrogen (secondary N) is 1. The molecule has 6 aromatic rings. The number of hydrogen-bond acceptors (Lipinski definition) is 4. The van der Waals surface area contributed by atoms with E-state index in [0.717, 1.165) is 70.4 Å². The number of aromatic nitrogens is 2. The lowest BCUT2D eigenvalue weighted by Crippen LogP contribution is -2.35. The number of carbonyl (C=O) groups excluding carboxylic acids is 2. The van der Waals surface area contributed by atoms with Crippen LogP contribution in [0, 0.1) is 0 Å². The predicted octanol–water partition coefficient (Wildman–Crippen LogP) is 6.76. The fraction of sp³-hybridized carbons (Fsp3) is 0.189. The predicted molar refractivity (Wildman–Crippen MR) is 176 cm³/mol. The van der Waals surface area contributed by atoms with Gasteiger partial charge >= 0.3 is 0 Å². The molecule has 3 heterocycles. The van der Waals surface area contributed by atoms with E-state index in [1.807, 2.05) is 98.3 Å². The summed E-state index contributed by atoms with van der Waals surface area (Å²) in [6, 6.07) is 31.5. The molecular weight excluding hydrogens is 548 g/mol. The molecule has 7 nitrogen and oxygen atoms in total. The number of amides is 1. The Morgan fingerprint density at radius 1 is 0.750 bits per heavy atom. The van der Waals surface area contributed by atoms with Crippen LogP contribution in [0.5, 0.6) is 0 Å². The van der Waals surface area contributed by atoms with Crippen LogP contribution in [0.3, 0.4) is 0 Å². The van der Waals surface area contributed by atoms with Gasteiger partial charge in [-0.25, -0.2) is 0 Å². The van der Waals surface area contributed by atoms with Crippen molar-refractivity contribution < 1.29 is 14.7 Å². The quantitative estimate of drug-likeness (QED) is 0.204. The van der Waals surface area contributed by atoms with E-state index in [0.29, 0.717) is 17.5 Å². The number of ketones is 1. The summed E-state index contributed by atoms with van der Waals surface area (Å²) in [4.78, 5) is 28.3. The lowest BCUT2D eigenvalue weighted by atomic mass is 10.0. The smallest absolute Gasteiger partial charge is 0.255 e. The molecule has 0 bridgehead atoms. The van der Waals surface area contributed by atoms with Crippen molar-refractivity contribution in [1.82, 2.24) is 9.13 Å². The van der Waals surface area contributed by atoms with E-state index in [2.05, 4.69) is 37.5 Å². The number of aliphatic hydroxyl groups excluding tert-OH is 1. The minimum Gasteiger partial charge on any atom is -0.393 e. The summed E-state index contributed by atoms with van der Waals surface area (Å²) in [5.74, 6) is -0.0705. The highest BCUT2D eigenvalue weighted by Gasteiger charge is 2.18. The molecule has 220 valence electrons. The van der Waals surface area contributed by atoms with Gasteiger partial charge in [0.15, 0.2) is 5.78 Å². The van der Waals surface area contributed by atoms with E-state index < -0.39 is 0 Å². The van der Waals surface area contributed by atoms with Crippen molar-refractivity contribution in [3.63, 3.8) is 0 Å². The average Bonchev–Trinajstić information content (AvgIpc) is 3.64. The van der Waals surface area contributed by atoms with Gasteiger partial charge in [-0.15, -0.1) is 0 Å². The monoisotopic (exact) mass is 582 g/mol. The molecule has 1 saturated heterocycles. The molecule has 1 fully saturated rings. The number of anilines is 2. The van der Waals surface area contributed by atoms with E-state index in [1.165, 1.54) is 0 Å². The molecule has 1 aliphatic heterocycles. The SMILES string of the molecule is Cn1ccc2cc(CC(=O)c3ccc(-n4ccc5cc(NC(=O)c6ccc(N7CCC(O)CC7)cc6)ccc54)cc3)ccc21. The fourth-order valence-corrected chi connectivity index (χ4v) is 6.13. The molecule has 44 heavy (non-hydrogen) atoms. The van der Waals surface area contributed by atoms with Crippen LogP contribution in [-0.4, -0.2) is 45.1 Å². The van der Waals surface area contributed by atoms with Crippen LogP contribution in [-0.2, 0) is 13.5 Å². The topological polar surface area (TPSA) is 79.5 Å². The third kappa shape index (κ3) is 5.50. The van der Waals surface area contributed by atoms with Crippen LogP contribution in [0.15, 0.2) is 109 Å². The number of nitrogens with zero attached hydrogens (tertiary/aromatic N) is 3. The summed E-state index contributed by atoms with van der Waals surface area (Å²) in [7, 11) is 2.02. The van der Waals surface area contributed by atoms with Gasteiger partial charge in [0.05, 0.1) is 11.6 Å². The second kappa shape index (κ2) is 11.5. The van der Waals surface area contributed by atoms with E-state index in [4.69, 9.17) is 0 Å². The first-order valence-corrected chi connectivity index (χ1v) is 15.0. The van der Waals surface area contributed by atoms with Gasteiger partial charge in [0, 0.05) is 78.0 Å². The molecule has 0 aliphatic carbocycles. The number of Topliss-reactive ketones (excluding diaryl/α,β-unsaturated/α-hetero) is 1. The fourth-order valence-electron chi connectivity index (χ4n) is 6.13. The normalized spacial score (nSPS) is 13.9. The largest absolute Gasteiger partial charge is 0.393 e. The summed E-state index contributed by atoms with van der Waals surface area (Å²) >= 11 is 0. The Morgan fingerprint density at radius 3 is 2.18 bits per heavy atom. The molecule has 0 saturated carbocycles. The summed E-state index contributed by atoms with van der Waals surface area (Å²) < 4.78 is 4.16. The van der Waals surface area contributed by atoms with Crippen molar-refractivity contribution in [3.05, 3.63) is 126 Å². The van der Waals surface area contributed by atoms with Crippen LogP contribution in [0.1, 0.15) is 39.1 Å². The zero-order chi connectivity index (χ0) is 30.2. The Labute approximate surface area is 256 Å². The molecule has 1 amide bonds. The van der Waals surface area contributed by atoms with Crippen LogP contribution in [0.25, 0.3) is 27.5 Å². The highest BCUT2D eigenvalue weighted by molar-refractivity contribution is 6.05. The van der Waals surface area contributed by atoms with Gasteiger partial charge in [0.2, 0.25) is 0 Å². The zero-order valence-corrected chi connectivity index (χ0v) is 24.6. The van der Waals surface area contributed by atoms with Gasteiger partial charge < -0.3 is 24.5 Å². The van der Waals surface area contributed by atoms with Crippen molar-refractivity contribution in [2.45, 2.75) is 25.4 Å². The van der Waals surface area contributed by atoms with Crippen molar-refractivity contribution in [2.75, 3.05) is 23.3 Å². The number of benzene rings is 4. The molecule has 1 aliphatic rings. The summed E-state index contributed by atoms with van der Waals surface area (Å²) in [6.45, 7) is 1.64. The maximum absolute atomic E-state index is 13.0. The van der Waals surface area contributed by atoms with Crippen molar-refractivity contribution in [2.24, 2.45) is 7.05 Å². The Balaban J connectivity index is 1.01. The van der Waals surface area contributed by atoms with Crippen LogP contribution < -0.4 is 10.2 Å². The number of piperidine rings is 1. The number of hydrogen-bond donors (Lipinski definition) is 2. The van der Waals surface area contributed by atoms with Crippen molar-refractivity contribution >= 4 is 44.9 Å². The van der Waals surface area contributed by atoms with E-state index >= 15 is 0 Å². The average molecular weight is 583 g/mol. The van der Waals surface area contributed by atoms with Gasteiger partial charge in [-0.05, 0) is 115 Å². The summed E-state index contributed by atoms with van der Waals surface area (Å²) in [5.41, 5.74) is 7.21. The van der Waals surface area contributed by atoms with Crippen LogP contribution in [0.2, 0.25) is 0 Å². The lowest BCUT2D eigenvalue weighted by Gasteiger charge is -2.31. The maximum atomic E-state index is 13.0. The molecule has 0 radical (unpaired) electrons. The number of rotatable bonds is 7. The second-order valence-electron chi connectivity index (χ2n) is 11.6. The minimum atomic E-state index is -0.214.